The van der Waals surface area contributed by atoms with E-state index in [1.54, 1.807) is 0 Å². The van der Waals surface area contributed by atoms with Gasteiger partial charge in [-0.2, -0.15) is 0 Å². The van der Waals surface area contributed by atoms with Gasteiger partial charge in [-0.1, -0.05) is 27.7 Å². The molecule has 1 rings (SSSR count). The van der Waals surface area contributed by atoms with Crippen LogP contribution in [0.2, 0.25) is 0 Å². The van der Waals surface area contributed by atoms with E-state index in [0.29, 0.717) is 0 Å². The molecule has 0 aromatic rings. The third-order valence-electron chi connectivity index (χ3n) is 5.51. The Morgan fingerprint density at radius 3 is 2.43 bits per heavy atom. The van der Waals surface area contributed by atoms with E-state index in [1.165, 1.54) is 4.90 Å². The SMILES string of the molecule is CCC(C)N(CC(=O)O)C(=O)C1CCC(N)C(C)C1(C)C. The minimum atomic E-state index is -0.956. The van der Waals surface area contributed by atoms with E-state index in [-0.39, 0.29) is 41.8 Å². The van der Waals surface area contributed by atoms with Crippen LogP contribution in [0.3, 0.4) is 0 Å². The van der Waals surface area contributed by atoms with Crippen LogP contribution < -0.4 is 5.73 Å². The van der Waals surface area contributed by atoms with Crippen molar-refractivity contribution in [3.05, 3.63) is 0 Å². The minimum Gasteiger partial charge on any atom is -0.480 e. The molecule has 5 nitrogen and oxygen atoms in total. The number of nitrogens with zero attached hydrogens (tertiary/aromatic N) is 1. The van der Waals surface area contributed by atoms with Crippen molar-refractivity contribution in [3.63, 3.8) is 0 Å². The number of carbonyl (C=O) groups is 2. The monoisotopic (exact) mass is 298 g/mol. The van der Waals surface area contributed by atoms with E-state index >= 15 is 0 Å². The zero-order chi connectivity index (χ0) is 16.4. The Labute approximate surface area is 127 Å². The van der Waals surface area contributed by atoms with Crippen LogP contribution in [-0.4, -0.2) is 40.5 Å². The van der Waals surface area contributed by atoms with Crippen LogP contribution in [0.15, 0.2) is 0 Å². The summed E-state index contributed by atoms with van der Waals surface area (Å²) in [5.41, 5.74) is 5.93. The molecule has 1 aliphatic carbocycles. The second-order valence-corrected chi connectivity index (χ2v) is 7.02. The Morgan fingerprint density at radius 2 is 1.95 bits per heavy atom. The zero-order valence-electron chi connectivity index (χ0n) is 13.9. The highest BCUT2D eigenvalue weighted by Crippen LogP contribution is 2.45. The van der Waals surface area contributed by atoms with Gasteiger partial charge >= 0.3 is 5.97 Å². The highest BCUT2D eigenvalue weighted by Gasteiger charge is 2.46. The maximum Gasteiger partial charge on any atom is 0.323 e. The number of carboxylic acid groups (broad SMARTS) is 1. The lowest BCUT2D eigenvalue weighted by atomic mass is 9.60. The molecule has 0 aliphatic heterocycles. The second kappa shape index (κ2) is 6.77. The molecule has 0 aromatic heterocycles. The summed E-state index contributed by atoms with van der Waals surface area (Å²) >= 11 is 0. The average molecular weight is 298 g/mol. The zero-order valence-corrected chi connectivity index (χ0v) is 13.9. The third kappa shape index (κ3) is 3.76. The number of amides is 1. The number of carbonyl (C=O) groups excluding carboxylic acids is 1. The molecule has 1 saturated carbocycles. The second-order valence-electron chi connectivity index (χ2n) is 7.02. The summed E-state index contributed by atoms with van der Waals surface area (Å²) in [6.45, 7) is 9.91. The number of aliphatic carboxylic acids is 1. The fourth-order valence-corrected chi connectivity index (χ4v) is 3.31. The van der Waals surface area contributed by atoms with Gasteiger partial charge in [-0.05, 0) is 37.5 Å². The molecule has 4 atom stereocenters. The molecular formula is C16H30N2O3. The lowest BCUT2D eigenvalue weighted by Crippen LogP contribution is -2.54. The number of carboxylic acids is 1. The van der Waals surface area contributed by atoms with Gasteiger partial charge in [0.25, 0.3) is 0 Å². The maximum absolute atomic E-state index is 12.9. The van der Waals surface area contributed by atoms with Gasteiger partial charge in [0.2, 0.25) is 5.91 Å². The van der Waals surface area contributed by atoms with Crippen molar-refractivity contribution in [1.82, 2.24) is 4.90 Å². The molecule has 0 heterocycles. The first-order chi connectivity index (χ1) is 9.62. The standard InChI is InChI=1S/C16H30N2O3/c1-6-10(2)18(9-14(19)20)15(21)12-7-8-13(17)11(3)16(12,4)5/h10-13H,6-9,17H2,1-5H3,(H,19,20). The van der Waals surface area contributed by atoms with Gasteiger partial charge in [-0.25, -0.2) is 0 Å². The first kappa shape index (κ1) is 18.0. The van der Waals surface area contributed by atoms with Crippen LogP contribution in [0, 0.1) is 17.3 Å². The van der Waals surface area contributed by atoms with Gasteiger partial charge in [0.05, 0.1) is 0 Å². The van der Waals surface area contributed by atoms with Crippen LogP contribution in [0.25, 0.3) is 0 Å². The molecular weight excluding hydrogens is 268 g/mol. The van der Waals surface area contributed by atoms with Gasteiger partial charge in [0.1, 0.15) is 6.54 Å². The summed E-state index contributed by atoms with van der Waals surface area (Å²) in [4.78, 5) is 25.5. The maximum atomic E-state index is 12.9. The molecule has 0 spiro atoms. The van der Waals surface area contributed by atoms with E-state index in [0.717, 1.165) is 19.3 Å². The first-order valence-corrected chi connectivity index (χ1v) is 7.90. The normalized spacial score (nSPS) is 29.7. The molecule has 0 saturated heterocycles. The third-order valence-corrected chi connectivity index (χ3v) is 5.51. The molecule has 1 amide bonds. The lowest BCUT2D eigenvalue weighted by Gasteiger charge is -2.47. The van der Waals surface area contributed by atoms with Crippen LogP contribution in [-0.2, 0) is 9.59 Å². The molecule has 1 aliphatic rings. The smallest absolute Gasteiger partial charge is 0.323 e. The number of hydrogen-bond donors (Lipinski definition) is 2. The Balaban J connectivity index is 2.99. The molecule has 3 N–H and O–H groups in total. The van der Waals surface area contributed by atoms with E-state index < -0.39 is 5.97 Å². The van der Waals surface area contributed by atoms with Gasteiger partial charge in [-0.3, -0.25) is 9.59 Å². The predicted molar refractivity (Wildman–Crippen MR) is 82.7 cm³/mol. The summed E-state index contributed by atoms with van der Waals surface area (Å²) in [6, 6.07) is 0.0517. The fraction of sp³-hybridized carbons (Fsp3) is 0.875. The Bertz CT molecular complexity index is 395. The highest BCUT2D eigenvalue weighted by atomic mass is 16.4. The van der Waals surface area contributed by atoms with Gasteiger partial charge in [-0.15, -0.1) is 0 Å². The van der Waals surface area contributed by atoms with Gasteiger partial charge in [0, 0.05) is 18.0 Å². The number of rotatable bonds is 5. The Kier molecular flexibility index (Phi) is 5.79. The van der Waals surface area contributed by atoms with Crippen LogP contribution >= 0.6 is 0 Å². The van der Waals surface area contributed by atoms with Crippen molar-refractivity contribution >= 4 is 11.9 Å². The molecule has 21 heavy (non-hydrogen) atoms. The van der Waals surface area contributed by atoms with Crippen molar-refractivity contribution in [3.8, 4) is 0 Å². The van der Waals surface area contributed by atoms with E-state index in [2.05, 4.69) is 20.8 Å². The van der Waals surface area contributed by atoms with E-state index in [1.807, 2.05) is 13.8 Å². The van der Waals surface area contributed by atoms with E-state index in [9.17, 15) is 9.59 Å². The van der Waals surface area contributed by atoms with Crippen molar-refractivity contribution in [2.45, 2.75) is 66.0 Å². The number of nitrogens with two attached hydrogens (primary N) is 1. The van der Waals surface area contributed by atoms with Crippen molar-refractivity contribution in [2.24, 2.45) is 23.0 Å². The quantitative estimate of drug-likeness (QED) is 0.814. The summed E-state index contributed by atoms with van der Waals surface area (Å²) < 4.78 is 0. The van der Waals surface area contributed by atoms with Gasteiger partial charge in [0.15, 0.2) is 0 Å². The first-order valence-electron chi connectivity index (χ1n) is 7.90. The van der Waals surface area contributed by atoms with Crippen molar-refractivity contribution in [1.29, 1.82) is 0 Å². The van der Waals surface area contributed by atoms with Crippen molar-refractivity contribution < 1.29 is 14.7 Å². The Morgan fingerprint density at radius 1 is 1.38 bits per heavy atom. The molecule has 122 valence electrons. The largest absolute Gasteiger partial charge is 0.480 e. The minimum absolute atomic E-state index is 0.0319. The molecule has 4 unspecified atom stereocenters. The summed E-state index contributed by atoms with van der Waals surface area (Å²) in [5.74, 6) is -0.901. The van der Waals surface area contributed by atoms with Crippen LogP contribution in [0.5, 0.6) is 0 Å². The molecule has 0 radical (unpaired) electrons. The number of hydrogen-bond acceptors (Lipinski definition) is 3. The molecule has 0 bridgehead atoms. The fourth-order valence-electron chi connectivity index (χ4n) is 3.31. The molecule has 0 aromatic carbocycles. The summed E-state index contributed by atoms with van der Waals surface area (Å²) in [7, 11) is 0. The summed E-state index contributed by atoms with van der Waals surface area (Å²) in [5, 5.41) is 9.09. The molecule has 1 fully saturated rings. The lowest BCUT2D eigenvalue weighted by molar-refractivity contribution is -0.153. The van der Waals surface area contributed by atoms with Crippen LogP contribution in [0.1, 0.15) is 53.9 Å². The summed E-state index contributed by atoms with van der Waals surface area (Å²) in [6.07, 6.45) is 2.31. The topological polar surface area (TPSA) is 83.6 Å². The highest BCUT2D eigenvalue weighted by molar-refractivity contribution is 5.84. The van der Waals surface area contributed by atoms with Gasteiger partial charge < -0.3 is 15.7 Å². The molecule has 5 heteroatoms. The van der Waals surface area contributed by atoms with E-state index in [4.69, 9.17) is 10.8 Å². The van der Waals surface area contributed by atoms with Crippen LogP contribution in [0.4, 0.5) is 0 Å². The Hall–Kier alpha value is -1.10. The average Bonchev–Trinajstić information content (AvgIpc) is 2.40. The van der Waals surface area contributed by atoms with Crippen molar-refractivity contribution in [2.75, 3.05) is 6.54 Å². The predicted octanol–water partition coefficient (Wildman–Crippen LogP) is 2.10.